The molecule has 2 saturated carbocycles. The summed E-state index contributed by atoms with van der Waals surface area (Å²) in [5, 5.41) is 0. The van der Waals surface area contributed by atoms with Gasteiger partial charge in [-0.05, 0) is 30.2 Å². The van der Waals surface area contributed by atoms with Crippen molar-refractivity contribution >= 4 is 22.6 Å². The zero-order valence-electron chi connectivity index (χ0n) is 13.1. The normalized spacial score (nSPS) is 29.4. The number of aromatic nitrogens is 3. The van der Waals surface area contributed by atoms with Crippen molar-refractivity contribution < 1.29 is 9.59 Å². The summed E-state index contributed by atoms with van der Waals surface area (Å²) in [5.41, 5.74) is 1.32. The van der Waals surface area contributed by atoms with E-state index in [1.807, 2.05) is 0 Å². The second-order valence-corrected chi connectivity index (χ2v) is 7.22. The Morgan fingerprint density at radius 3 is 2.77 bits per heavy atom. The fraction of sp³-hybridized carbons (Fsp3) is 0.529. The van der Waals surface area contributed by atoms with Crippen molar-refractivity contribution in [3.8, 4) is 0 Å². The Morgan fingerprint density at radius 1 is 1.41 bits per heavy atom. The lowest BCUT2D eigenvalue weighted by Crippen LogP contribution is -2.41. The van der Waals surface area contributed by atoms with Crippen LogP contribution in [0.3, 0.4) is 0 Å². The molecule has 5 heteroatoms. The minimum absolute atomic E-state index is 0.0746. The number of ketones is 2. The summed E-state index contributed by atoms with van der Waals surface area (Å²) in [6.45, 7) is 5.86. The summed E-state index contributed by atoms with van der Waals surface area (Å²) < 4.78 is 0. The lowest BCUT2D eigenvalue weighted by molar-refractivity contribution is -0.124. The van der Waals surface area contributed by atoms with Crippen LogP contribution in [0.2, 0.25) is 0 Å². The quantitative estimate of drug-likeness (QED) is 0.865. The van der Waals surface area contributed by atoms with E-state index in [2.05, 4.69) is 28.8 Å². The van der Waals surface area contributed by atoms with Crippen LogP contribution in [0.15, 0.2) is 12.3 Å². The Hall–Kier alpha value is -2.04. The SMILES string of the molecule is CC(=O)c1cc2nc(C34CCC(CC3=O)C4(C)C)[nH]c2cn1. The van der Waals surface area contributed by atoms with Gasteiger partial charge >= 0.3 is 0 Å². The Morgan fingerprint density at radius 2 is 2.18 bits per heavy atom. The number of H-pyrrole nitrogens is 1. The van der Waals surface area contributed by atoms with Crippen LogP contribution in [-0.2, 0) is 10.2 Å². The molecule has 2 aliphatic rings. The second-order valence-electron chi connectivity index (χ2n) is 7.22. The molecule has 2 aliphatic carbocycles. The van der Waals surface area contributed by atoms with Crippen LogP contribution < -0.4 is 0 Å². The Balaban J connectivity index is 1.91. The Kier molecular flexibility index (Phi) is 2.49. The molecule has 22 heavy (non-hydrogen) atoms. The Labute approximate surface area is 128 Å². The zero-order valence-corrected chi connectivity index (χ0v) is 13.1. The number of pyridine rings is 1. The molecule has 1 N–H and O–H groups in total. The van der Waals surface area contributed by atoms with Crippen LogP contribution >= 0.6 is 0 Å². The molecule has 2 aromatic rings. The van der Waals surface area contributed by atoms with E-state index in [9.17, 15) is 9.59 Å². The molecule has 2 bridgehead atoms. The van der Waals surface area contributed by atoms with E-state index in [0.717, 1.165) is 24.2 Å². The molecule has 0 radical (unpaired) electrons. The first kappa shape index (κ1) is 13.6. The highest BCUT2D eigenvalue weighted by atomic mass is 16.1. The molecule has 2 atom stereocenters. The number of hydrogen-bond acceptors (Lipinski definition) is 4. The molecule has 0 spiro atoms. The summed E-state index contributed by atoms with van der Waals surface area (Å²) in [7, 11) is 0. The van der Waals surface area contributed by atoms with Gasteiger partial charge in [0.05, 0.1) is 22.6 Å². The van der Waals surface area contributed by atoms with Crippen LogP contribution in [0.1, 0.15) is 56.3 Å². The number of carbonyl (C=O) groups excluding carboxylic acids is 2. The van der Waals surface area contributed by atoms with Crippen LogP contribution in [0.25, 0.3) is 11.0 Å². The van der Waals surface area contributed by atoms with Crippen LogP contribution in [0, 0.1) is 11.3 Å². The van der Waals surface area contributed by atoms with Crippen molar-refractivity contribution in [3.05, 3.63) is 23.8 Å². The lowest BCUT2D eigenvalue weighted by Gasteiger charge is -2.34. The first-order valence-corrected chi connectivity index (χ1v) is 7.77. The van der Waals surface area contributed by atoms with Gasteiger partial charge in [0.25, 0.3) is 0 Å². The number of nitrogens with one attached hydrogen (secondary N) is 1. The van der Waals surface area contributed by atoms with Gasteiger partial charge in [-0.2, -0.15) is 0 Å². The van der Waals surface area contributed by atoms with Gasteiger partial charge in [0, 0.05) is 13.3 Å². The number of imidazole rings is 1. The first-order chi connectivity index (χ1) is 10.4. The van der Waals surface area contributed by atoms with Gasteiger partial charge in [-0.1, -0.05) is 13.8 Å². The molecular formula is C17H19N3O2. The molecule has 2 fully saturated rings. The van der Waals surface area contributed by atoms with Crippen molar-refractivity contribution in [1.29, 1.82) is 0 Å². The number of carbonyl (C=O) groups is 2. The molecule has 4 rings (SSSR count). The summed E-state index contributed by atoms with van der Waals surface area (Å²) in [6, 6.07) is 1.70. The average molecular weight is 297 g/mol. The highest BCUT2D eigenvalue weighted by molar-refractivity contribution is 5.96. The van der Waals surface area contributed by atoms with E-state index in [1.165, 1.54) is 6.92 Å². The topological polar surface area (TPSA) is 75.7 Å². The third-order valence-electron chi connectivity index (χ3n) is 6.03. The van der Waals surface area contributed by atoms with E-state index in [1.54, 1.807) is 12.3 Å². The molecule has 114 valence electrons. The maximum absolute atomic E-state index is 12.7. The minimum Gasteiger partial charge on any atom is -0.340 e. The van der Waals surface area contributed by atoms with Crippen molar-refractivity contribution in [1.82, 2.24) is 15.0 Å². The summed E-state index contributed by atoms with van der Waals surface area (Å²) in [5.74, 6) is 1.41. The van der Waals surface area contributed by atoms with Gasteiger partial charge in [-0.15, -0.1) is 0 Å². The fourth-order valence-corrected chi connectivity index (χ4v) is 4.54. The average Bonchev–Trinajstić information content (AvgIpc) is 3.04. The van der Waals surface area contributed by atoms with E-state index < -0.39 is 5.41 Å². The summed E-state index contributed by atoms with van der Waals surface area (Å²) in [4.78, 5) is 36.3. The van der Waals surface area contributed by atoms with Crippen molar-refractivity contribution in [2.75, 3.05) is 0 Å². The van der Waals surface area contributed by atoms with Gasteiger partial charge in [0.2, 0.25) is 0 Å². The van der Waals surface area contributed by atoms with Gasteiger partial charge in [-0.3, -0.25) is 14.6 Å². The summed E-state index contributed by atoms with van der Waals surface area (Å²) in [6.07, 6.45) is 4.22. The van der Waals surface area contributed by atoms with Crippen LogP contribution in [0.4, 0.5) is 0 Å². The fourth-order valence-electron chi connectivity index (χ4n) is 4.54. The number of aromatic amines is 1. The number of hydrogen-bond donors (Lipinski definition) is 1. The smallest absolute Gasteiger partial charge is 0.178 e. The van der Waals surface area contributed by atoms with E-state index in [-0.39, 0.29) is 11.2 Å². The Bertz CT molecular complexity index is 820. The van der Waals surface area contributed by atoms with E-state index in [4.69, 9.17) is 0 Å². The van der Waals surface area contributed by atoms with Gasteiger partial charge in [0.15, 0.2) is 5.78 Å². The van der Waals surface area contributed by atoms with Crippen molar-refractivity contribution in [3.63, 3.8) is 0 Å². The third-order valence-corrected chi connectivity index (χ3v) is 6.03. The van der Waals surface area contributed by atoms with Gasteiger partial charge in [0.1, 0.15) is 17.3 Å². The molecule has 0 aromatic carbocycles. The molecule has 0 saturated heterocycles. The highest BCUT2D eigenvalue weighted by Gasteiger charge is 2.66. The molecule has 2 aromatic heterocycles. The predicted molar refractivity (Wildman–Crippen MR) is 81.7 cm³/mol. The maximum Gasteiger partial charge on any atom is 0.178 e. The molecular weight excluding hydrogens is 278 g/mol. The lowest BCUT2D eigenvalue weighted by atomic mass is 9.68. The van der Waals surface area contributed by atoms with E-state index >= 15 is 0 Å². The molecule has 0 aliphatic heterocycles. The van der Waals surface area contributed by atoms with Gasteiger partial charge < -0.3 is 4.98 Å². The van der Waals surface area contributed by atoms with Crippen molar-refractivity contribution in [2.24, 2.45) is 11.3 Å². The molecule has 2 heterocycles. The molecule has 0 amide bonds. The third kappa shape index (κ3) is 1.44. The first-order valence-electron chi connectivity index (χ1n) is 7.77. The van der Waals surface area contributed by atoms with Crippen LogP contribution in [-0.4, -0.2) is 26.5 Å². The zero-order chi connectivity index (χ0) is 15.7. The van der Waals surface area contributed by atoms with Crippen molar-refractivity contribution in [2.45, 2.75) is 45.4 Å². The highest BCUT2D eigenvalue weighted by Crippen LogP contribution is 2.63. The minimum atomic E-state index is -0.507. The molecule has 5 nitrogen and oxygen atoms in total. The molecule has 2 unspecified atom stereocenters. The van der Waals surface area contributed by atoms with Crippen LogP contribution in [0.5, 0.6) is 0 Å². The number of Topliss-reactive ketones (excluding diaryl/α,β-unsaturated/α-hetero) is 2. The van der Waals surface area contributed by atoms with E-state index in [0.29, 0.717) is 29.3 Å². The second kappa shape index (κ2) is 4.03. The number of fused-ring (bicyclic) bond motifs is 3. The number of nitrogens with zero attached hydrogens (tertiary/aromatic N) is 2. The standard InChI is InChI=1S/C17H19N3O2/c1-9(21)11-7-12-13(8-18-11)20-15(19-12)17-5-4-10(6-14(17)22)16(17,2)3/h7-8,10H,4-6H2,1-3H3,(H,19,20). The summed E-state index contributed by atoms with van der Waals surface area (Å²) >= 11 is 0. The van der Waals surface area contributed by atoms with Gasteiger partial charge in [-0.25, -0.2) is 4.98 Å². The number of rotatable bonds is 2. The predicted octanol–water partition coefficient (Wildman–Crippen LogP) is 2.81. The largest absolute Gasteiger partial charge is 0.340 e. The monoisotopic (exact) mass is 297 g/mol. The maximum atomic E-state index is 12.7.